The lowest BCUT2D eigenvalue weighted by Crippen LogP contribution is -2.32. The minimum absolute atomic E-state index is 0.270. The van der Waals surface area contributed by atoms with Crippen molar-refractivity contribution in [3.63, 3.8) is 0 Å². The fourth-order valence-electron chi connectivity index (χ4n) is 1.85. The minimum atomic E-state index is -4.30. The molecule has 0 fully saturated rings. The highest BCUT2D eigenvalue weighted by Gasteiger charge is 2.27. The Morgan fingerprint density at radius 3 is 2.52 bits per heavy atom. The van der Waals surface area contributed by atoms with Gasteiger partial charge < -0.3 is 10.6 Å². The molecule has 134 valence electrons. The largest absolute Gasteiger partial charge is 0.398 e. The summed E-state index contributed by atoms with van der Waals surface area (Å²) in [5.74, 6) is -1.93. The lowest BCUT2D eigenvalue weighted by molar-refractivity contribution is -0.115. The summed E-state index contributed by atoms with van der Waals surface area (Å²) < 4.78 is 37.1. The molecule has 0 saturated heterocycles. The maximum atomic E-state index is 12.4. The number of halogens is 3. The highest BCUT2D eigenvalue weighted by molar-refractivity contribution is 7.99. The van der Waals surface area contributed by atoms with E-state index in [1.165, 1.54) is 23.5 Å². The van der Waals surface area contributed by atoms with Crippen molar-refractivity contribution in [2.75, 3.05) is 17.6 Å². The SMILES string of the molecule is Cc1ccc(C(=O)NCC(=O)Nc2ccccc2SCC(F)(F)F)s1. The molecule has 0 unspecified atom stereocenters. The van der Waals surface area contributed by atoms with Crippen molar-refractivity contribution in [2.45, 2.75) is 18.0 Å². The van der Waals surface area contributed by atoms with Crippen molar-refractivity contribution < 1.29 is 22.8 Å². The summed E-state index contributed by atoms with van der Waals surface area (Å²) in [6.45, 7) is 1.59. The summed E-state index contributed by atoms with van der Waals surface area (Å²) in [5.41, 5.74) is 0.281. The number of aryl methyl sites for hydroxylation is 1. The minimum Gasteiger partial charge on any atom is -0.342 e. The molecule has 0 spiro atoms. The van der Waals surface area contributed by atoms with Gasteiger partial charge in [-0.1, -0.05) is 12.1 Å². The van der Waals surface area contributed by atoms with Gasteiger partial charge in [0, 0.05) is 9.77 Å². The van der Waals surface area contributed by atoms with Gasteiger partial charge in [0.25, 0.3) is 5.91 Å². The molecular weight excluding hydrogens is 373 g/mol. The van der Waals surface area contributed by atoms with Crippen LogP contribution in [0.4, 0.5) is 18.9 Å². The number of carbonyl (C=O) groups excluding carboxylic acids is 2. The smallest absolute Gasteiger partial charge is 0.342 e. The van der Waals surface area contributed by atoms with Gasteiger partial charge in [0.05, 0.1) is 22.9 Å². The summed E-state index contributed by atoms with van der Waals surface area (Å²) >= 11 is 1.90. The van der Waals surface area contributed by atoms with Gasteiger partial charge in [-0.25, -0.2) is 0 Å². The molecule has 4 nitrogen and oxygen atoms in total. The highest BCUT2D eigenvalue weighted by atomic mass is 32.2. The molecule has 1 aromatic heterocycles. The number of benzene rings is 1. The molecule has 0 atom stereocenters. The molecular formula is C16H15F3N2O2S2. The molecule has 0 bridgehead atoms. The summed E-state index contributed by atoms with van der Waals surface area (Å²) in [6, 6.07) is 9.68. The predicted molar refractivity (Wildman–Crippen MR) is 93.2 cm³/mol. The van der Waals surface area contributed by atoms with Crippen LogP contribution in [0.2, 0.25) is 0 Å². The van der Waals surface area contributed by atoms with Crippen molar-refractivity contribution >= 4 is 40.6 Å². The second-order valence-corrected chi connectivity index (χ2v) is 7.35. The molecule has 1 heterocycles. The van der Waals surface area contributed by atoms with Crippen molar-refractivity contribution in [1.82, 2.24) is 5.32 Å². The molecule has 25 heavy (non-hydrogen) atoms. The van der Waals surface area contributed by atoms with E-state index < -0.39 is 17.8 Å². The molecule has 0 aliphatic carbocycles. The van der Waals surface area contributed by atoms with E-state index in [2.05, 4.69) is 10.6 Å². The van der Waals surface area contributed by atoms with E-state index in [9.17, 15) is 22.8 Å². The number of nitrogens with one attached hydrogen (secondary N) is 2. The predicted octanol–water partition coefficient (Wildman–Crippen LogP) is 4.08. The van der Waals surface area contributed by atoms with E-state index >= 15 is 0 Å². The number of rotatable bonds is 6. The van der Waals surface area contributed by atoms with Crippen molar-refractivity contribution in [3.05, 3.63) is 46.2 Å². The Morgan fingerprint density at radius 1 is 1.16 bits per heavy atom. The Balaban J connectivity index is 1.91. The number of hydrogen-bond acceptors (Lipinski definition) is 4. The van der Waals surface area contributed by atoms with Crippen LogP contribution in [0, 0.1) is 6.92 Å². The molecule has 0 aliphatic heterocycles. The summed E-state index contributed by atoms with van der Waals surface area (Å²) in [6.07, 6.45) is -4.30. The van der Waals surface area contributed by atoms with Crippen LogP contribution in [-0.2, 0) is 4.79 Å². The van der Waals surface area contributed by atoms with E-state index in [-0.39, 0.29) is 18.1 Å². The van der Waals surface area contributed by atoms with E-state index in [1.807, 2.05) is 6.92 Å². The van der Waals surface area contributed by atoms with Crippen LogP contribution < -0.4 is 10.6 Å². The maximum Gasteiger partial charge on any atom is 0.398 e. The summed E-state index contributed by atoms with van der Waals surface area (Å²) in [7, 11) is 0. The first-order valence-electron chi connectivity index (χ1n) is 7.17. The van der Waals surface area contributed by atoms with Crippen molar-refractivity contribution in [1.29, 1.82) is 0 Å². The zero-order valence-corrected chi connectivity index (χ0v) is 14.8. The van der Waals surface area contributed by atoms with Gasteiger partial charge in [0.1, 0.15) is 0 Å². The van der Waals surface area contributed by atoms with Gasteiger partial charge in [-0.3, -0.25) is 9.59 Å². The van der Waals surface area contributed by atoms with E-state index in [1.54, 1.807) is 24.3 Å². The van der Waals surface area contributed by atoms with Gasteiger partial charge in [0.15, 0.2) is 0 Å². The average Bonchev–Trinajstić information content (AvgIpc) is 2.97. The lowest BCUT2D eigenvalue weighted by Gasteiger charge is -2.12. The molecule has 0 saturated carbocycles. The second kappa shape index (κ2) is 8.39. The molecule has 0 aliphatic rings. The Labute approximate surface area is 150 Å². The van der Waals surface area contributed by atoms with E-state index in [0.717, 1.165) is 4.88 Å². The second-order valence-electron chi connectivity index (χ2n) is 5.04. The van der Waals surface area contributed by atoms with E-state index in [0.29, 0.717) is 21.5 Å². The third-order valence-electron chi connectivity index (χ3n) is 2.93. The standard InChI is InChI=1S/C16H15F3N2O2S2/c1-10-6-7-13(25-10)15(23)20-8-14(22)21-11-4-2-3-5-12(11)24-9-16(17,18)19/h2-7H,8-9H2,1H3,(H,20,23)(H,21,22). The Kier molecular flexibility index (Phi) is 6.49. The molecule has 2 N–H and O–H groups in total. The van der Waals surface area contributed by atoms with Crippen LogP contribution in [0.3, 0.4) is 0 Å². The monoisotopic (exact) mass is 388 g/mol. The first-order valence-corrected chi connectivity index (χ1v) is 8.98. The van der Waals surface area contributed by atoms with Crippen LogP contribution in [0.25, 0.3) is 0 Å². The highest BCUT2D eigenvalue weighted by Crippen LogP contribution is 2.32. The first kappa shape index (κ1) is 19.3. The number of carbonyl (C=O) groups is 2. The molecule has 2 amide bonds. The Bertz CT molecular complexity index is 760. The zero-order valence-electron chi connectivity index (χ0n) is 13.1. The maximum absolute atomic E-state index is 12.4. The van der Waals surface area contributed by atoms with Crippen LogP contribution in [0.5, 0.6) is 0 Å². The number of hydrogen-bond donors (Lipinski definition) is 2. The van der Waals surface area contributed by atoms with Gasteiger partial charge >= 0.3 is 6.18 Å². The Morgan fingerprint density at radius 2 is 1.88 bits per heavy atom. The molecule has 9 heteroatoms. The topological polar surface area (TPSA) is 58.2 Å². The third-order valence-corrected chi connectivity index (χ3v) is 5.06. The Hall–Kier alpha value is -2.00. The zero-order chi connectivity index (χ0) is 18.4. The fourth-order valence-corrected chi connectivity index (χ4v) is 3.41. The normalized spacial score (nSPS) is 11.2. The molecule has 2 aromatic rings. The summed E-state index contributed by atoms with van der Waals surface area (Å²) in [5, 5.41) is 5.00. The number of thiophene rings is 1. The fraction of sp³-hybridized carbons (Fsp3) is 0.250. The third kappa shape index (κ3) is 6.43. The van der Waals surface area contributed by atoms with Crippen molar-refractivity contribution in [2.24, 2.45) is 0 Å². The lowest BCUT2D eigenvalue weighted by atomic mass is 10.3. The van der Waals surface area contributed by atoms with Gasteiger partial charge in [-0.05, 0) is 31.2 Å². The van der Waals surface area contributed by atoms with Crippen LogP contribution in [-0.4, -0.2) is 30.3 Å². The van der Waals surface area contributed by atoms with Gasteiger partial charge in [-0.15, -0.1) is 23.1 Å². The van der Waals surface area contributed by atoms with Crippen LogP contribution in [0.1, 0.15) is 14.5 Å². The molecule has 1 aromatic carbocycles. The summed E-state index contributed by atoms with van der Waals surface area (Å²) in [4.78, 5) is 25.6. The number of para-hydroxylation sites is 1. The van der Waals surface area contributed by atoms with Gasteiger partial charge in [0.2, 0.25) is 5.91 Å². The van der Waals surface area contributed by atoms with Gasteiger partial charge in [-0.2, -0.15) is 13.2 Å². The number of thioether (sulfide) groups is 1. The number of amides is 2. The number of anilines is 1. The molecule has 2 rings (SSSR count). The molecule has 0 radical (unpaired) electrons. The van der Waals surface area contributed by atoms with Crippen LogP contribution >= 0.6 is 23.1 Å². The average molecular weight is 388 g/mol. The van der Waals surface area contributed by atoms with E-state index in [4.69, 9.17) is 0 Å². The quantitative estimate of drug-likeness (QED) is 0.733. The number of alkyl halides is 3. The first-order chi connectivity index (χ1) is 11.7. The van der Waals surface area contributed by atoms with Crippen LogP contribution in [0.15, 0.2) is 41.3 Å². The van der Waals surface area contributed by atoms with Crippen molar-refractivity contribution in [3.8, 4) is 0 Å².